The summed E-state index contributed by atoms with van der Waals surface area (Å²) in [7, 11) is -5.17. The van der Waals surface area contributed by atoms with Crippen LogP contribution in [0.1, 0.15) is 1.43 Å². The lowest BCUT2D eigenvalue weighted by atomic mass is 11.2. The van der Waals surface area contributed by atoms with Crippen LogP contribution in [0.15, 0.2) is 15.5 Å². The molecule has 0 N–H and O–H groups in total. The molecule has 1 aromatic heterocycles. The van der Waals surface area contributed by atoms with Crippen molar-refractivity contribution in [2.24, 2.45) is 0 Å². The van der Waals surface area contributed by atoms with Crippen LogP contribution in [0.25, 0.3) is 0 Å². The Bertz CT molecular complexity index is 216. The van der Waals surface area contributed by atoms with Crippen molar-refractivity contribution < 1.29 is 18.9 Å². The Kier molecular flexibility index (Phi) is 4.65. The highest BCUT2D eigenvalue weighted by Gasteiger charge is 1.77. The Labute approximate surface area is 67.8 Å². The fraction of sp³-hybridized carbons (Fsp3) is 0. The Hall–Kier alpha value is -0.0800. The van der Waals surface area contributed by atoms with Crippen LogP contribution in [-0.4, -0.2) is 17.5 Å². The zero-order valence-corrected chi connectivity index (χ0v) is 7.04. The maximum Gasteiger partial charge on any atom is 1.00 e. The van der Waals surface area contributed by atoms with Gasteiger partial charge in [-0.2, -0.15) is 0 Å². The fourth-order valence-electron chi connectivity index (χ4n) is 0.160. The molecule has 4 nitrogen and oxygen atoms in total. The van der Waals surface area contributed by atoms with E-state index in [2.05, 4.69) is 15.5 Å². The summed E-state index contributed by atoms with van der Waals surface area (Å²) >= 11 is 3.46. The van der Waals surface area contributed by atoms with Gasteiger partial charge in [-0.25, -0.2) is 0 Å². The molecule has 0 amide bonds. The first-order valence-corrected chi connectivity index (χ1v) is 5.16. The molecule has 1 rings (SSSR count). The molecule has 1 aromatic rings. The van der Waals surface area contributed by atoms with Crippen LogP contribution in [0.4, 0.5) is 0 Å². The minimum Gasteiger partial charge on any atom is -0.759 e. The normalized spacial score (nSPS) is 9.80. The minimum atomic E-state index is -5.17. The molecule has 0 aliphatic rings. The summed E-state index contributed by atoms with van der Waals surface area (Å²) < 4.78 is 36.2. The van der Waals surface area contributed by atoms with E-state index >= 15 is 0 Å². The largest absolute Gasteiger partial charge is 1.00 e. The van der Waals surface area contributed by atoms with Crippen molar-refractivity contribution in [3.8, 4) is 0 Å². The highest BCUT2D eigenvalue weighted by molar-refractivity contribution is 7.79. The zero-order chi connectivity index (χ0) is 8.04. The molecular weight excluding hydrogens is 196 g/mol. The number of rotatable bonds is 0. The van der Waals surface area contributed by atoms with Crippen molar-refractivity contribution in [2.75, 3.05) is 0 Å². The summed E-state index contributed by atoms with van der Waals surface area (Å²) in [5.41, 5.74) is 0. The third-order valence-corrected chi connectivity index (χ3v) is 1.97. The minimum absolute atomic E-state index is 0. The lowest BCUT2D eigenvalue weighted by Crippen LogP contribution is -1.91. The molecule has 0 aliphatic heterocycles. The van der Waals surface area contributed by atoms with Crippen LogP contribution < -0.4 is 0 Å². The van der Waals surface area contributed by atoms with Crippen LogP contribution in [0, 0.1) is 0 Å². The monoisotopic (exact) mass is 200 g/mol. The summed E-state index contributed by atoms with van der Waals surface area (Å²) in [5, 5.41) is 4.12. The molecule has 1 heterocycles. The predicted octanol–water partition coefficient (Wildman–Crippen LogP) is 0.865. The molecule has 0 atom stereocenters. The molecular formula is C3H4O4S3. The van der Waals surface area contributed by atoms with Crippen molar-refractivity contribution >= 4 is 33.1 Å². The van der Waals surface area contributed by atoms with Gasteiger partial charge in [-0.3, -0.25) is 8.42 Å². The number of hydrogen-bond donors (Lipinski definition) is 0. The van der Waals surface area contributed by atoms with Gasteiger partial charge in [0.2, 0.25) is 4.69 Å². The lowest BCUT2D eigenvalue weighted by Gasteiger charge is -2.06. The van der Waals surface area contributed by atoms with E-state index in [-0.39, 0.29) is 1.43 Å². The standard InChI is InChI=1S/C3H3S2.H2O4S/c1-2-5-3-4-1;1-5(2,3)4/h1-3H;(H2,1,2,3,4)/q+1;/p-1. The van der Waals surface area contributed by atoms with Gasteiger partial charge in [0.1, 0.15) is 10.8 Å². The highest BCUT2D eigenvalue weighted by Crippen LogP contribution is 2.00. The van der Waals surface area contributed by atoms with E-state index in [1.54, 1.807) is 22.7 Å². The van der Waals surface area contributed by atoms with Crippen molar-refractivity contribution in [3.05, 3.63) is 15.5 Å². The molecule has 7 heteroatoms. The van der Waals surface area contributed by atoms with Crippen molar-refractivity contribution in [1.29, 1.82) is 0 Å². The Morgan fingerprint density at radius 1 is 1.50 bits per heavy atom. The van der Waals surface area contributed by atoms with E-state index in [0.717, 1.165) is 0 Å². The first kappa shape index (κ1) is 9.92. The summed E-state index contributed by atoms with van der Waals surface area (Å²) in [6, 6.07) is 0. The quantitative estimate of drug-likeness (QED) is 0.353. The van der Waals surface area contributed by atoms with E-state index in [4.69, 9.17) is 17.5 Å². The van der Waals surface area contributed by atoms with Crippen LogP contribution >= 0.6 is 22.7 Å². The maximum atomic E-state index is 8.52. The predicted molar refractivity (Wildman–Crippen MR) is 38.2 cm³/mol. The van der Waals surface area contributed by atoms with Gasteiger partial charge in [0, 0.05) is 10.4 Å². The van der Waals surface area contributed by atoms with Crippen molar-refractivity contribution in [3.63, 3.8) is 0 Å². The fourth-order valence-corrected chi connectivity index (χ4v) is 1.44. The van der Waals surface area contributed by atoms with Gasteiger partial charge >= 0.3 is 1.43 Å². The summed E-state index contributed by atoms with van der Waals surface area (Å²) in [5.74, 6) is 0. The first-order chi connectivity index (χ1) is 4.50. The second kappa shape index (κ2) is 4.69. The lowest BCUT2D eigenvalue weighted by molar-refractivity contribution is 0.352. The number of hydrogen-bond acceptors (Lipinski definition) is 5. The molecule has 0 bridgehead atoms. The second-order valence-corrected chi connectivity index (χ2v) is 3.72. The van der Waals surface area contributed by atoms with Gasteiger partial charge in [0.15, 0.2) is 0 Å². The highest BCUT2D eigenvalue weighted by atomic mass is 32.3. The van der Waals surface area contributed by atoms with Gasteiger partial charge in [-0.15, -0.1) is 0 Å². The molecule has 0 fully saturated rings. The molecule has 0 spiro atoms. The third-order valence-electron chi connectivity index (χ3n) is 0.324. The average Bonchev–Trinajstić information content (AvgIpc) is 2.07. The summed E-state index contributed by atoms with van der Waals surface area (Å²) in [6.07, 6.45) is 0. The van der Waals surface area contributed by atoms with E-state index in [1.165, 1.54) is 0 Å². The topological polar surface area (TPSA) is 80.3 Å². The third kappa shape index (κ3) is 15.7. The molecule has 0 saturated heterocycles. The molecule has 0 aliphatic carbocycles. The Morgan fingerprint density at radius 3 is 2.10 bits per heavy atom. The van der Waals surface area contributed by atoms with E-state index in [1.807, 2.05) is 0 Å². The maximum absolute atomic E-state index is 8.52. The van der Waals surface area contributed by atoms with Gasteiger partial charge in [-0.1, -0.05) is 0 Å². The second-order valence-electron chi connectivity index (χ2n) is 1.05. The molecule has 0 radical (unpaired) electrons. The van der Waals surface area contributed by atoms with E-state index in [9.17, 15) is 0 Å². The van der Waals surface area contributed by atoms with Crippen molar-refractivity contribution in [1.82, 2.24) is 0 Å². The summed E-state index contributed by atoms with van der Waals surface area (Å²) in [6.45, 7) is 0. The molecule has 0 saturated carbocycles. The van der Waals surface area contributed by atoms with Crippen LogP contribution in [-0.2, 0) is 10.4 Å². The van der Waals surface area contributed by atoms with E-state index < -0.39 is 10.4 Å². The smallest absolute Gasteiger partial charge is 0.759 e. The van der Waals surface area contributed by atoms with E-state index in [0.29, 0.717) is 0 Å². The van der Waals surface area contributed by atoms with Crippen LogP contribution in [0.3, 0.4) is 0 Å². The summed E-state index contributed by atoms with van der Waals surface area (Å²) in [4.78, 5) is 0. The van der Waals surface area contributed by atoms with Crippen molar-refractivity contribution in [2.45, 2.75) is 0 Å². The van der Waals surface area contributed by atoms with Gasteiger partial charge in [-0.05, 0) is 0 Å². The molecule has 0 unspecified atom stereocenters. The molecule has 58 valence electrons. The average molecular weight is 200 g/mol. The first-order valence-electron chi connectivity index (χ1n) is 1.94. The zero-order valence-electron chi connectivity index (χ0n) is 5.59. The Balaban J connectivity index is 0. The van der Waals surface area contributed by atoms with Gasteiger partial charge in [0.25, 0.3) is 0 Å². The Morgan fingerprint density at radius 2 is 2.00 bits per heavy atom. The van der Waals surface area contributed by atoms with Crippen LogP contribution in [0.5, 0.6) is 0 Å². The van der Waals surface area contributed by atoms with Crippen LogP contribution in [0.2, 0.25) is 0 Å². The molecule has 0 aromatic carbocycles. The molecule has 10 heavy (non-hydrogen) atoms. The SMILES string of the molecule is O=S(=O)([O-])[O-].[H+].c1c[s+]cs1. The van der Waals surface area contributed by atoms with Gasteiger partial charge < -0.3 is 9.11 Å². The van der Waals surface area contributed by atoms with Gasteiger partial charge in [0.05, 0.1) is 22.7 Å².